The summed E-state index contributed by atoms with van der Waals surface area (Å²) in [5.41, 5.74) is 2.46. The van der Waals surface area contributed by atoms with Crippen molar-refractivity contribution in [3.63, 3.8) is 0 Å². The maximum absolute atomic E-state index is 13.7. The topological polar surface area (TPSA) is 157 Å². The highest BCUT2D eigenvalue weighted by Crippen LogP contribution is 2.65. The largest absolute Gasteiger partial charge is 0.481 e. The predicted molar refractivity (Wildman–Crippen MR) is 153 cm³/mol. The lowest BCUT2D eigenvalue weighted by Crippen LogP contribution is -2.65. The molecule has 6 rings (SSSR count). The van der Waals surface area contributed by atoms with E-state index < -0.39 is 24.5 Å². The zero-order valence-corrected chi connectivity index (χ0v) is 25.1. The number of rotatable bonds is 14. The summed E-state index contributed by atoms with van der Waals surface area (Å²) in [5.74, 6) is 0.822. The van der Waals surface area contributed by atoms with Crippen LogP contribution in [0.2, 0.25) is 0 Å². The Balaban J connectivity index is 1.21. The van der Waals surface area contributed by atoms with Gasteiger partial charge in [-0.2, -0.15) is 0 Å². The second kappa shape index (κ2) is 11.8. The fraction of sp³-hybridized carbons (Fsp3) is 0.857. The van der Waals surface area contributed by atoms with Gasteiger partial charge in [-0.25, -0.2) is 10.1 Å². The molecule has 0 aromatic carbocycles. The van der Waals surface area contributed by atoms with E-state index in [0.717, 1.165) is 30.8 Å². The summed E-state index contributed by atoms with van der Waals surface area (Å²) < 4.78 is 13.2. The second-order valence-corrected chi connectivity index (χ2v) is 13.9. The van der Waals surface area contributed by atoms with Gasteiger partial charge in [0.05, 0.1) is 17.6 Å². The first-order chi connectivity index (χ1) is 19.4. The molecule has 0 aromatic heterocycles. The molecule has 2 saturated heterocycles. The highest BCUT2D eigenvalue weighted by Gasteiger charge is 2.68. The van der Waals surface area contributed by atoms with Gasteiger partial charge in [-0.1, -0.05) is 39.8 Å². The molecule has 2 unspecified atom stereocenters. The number of hydrogen-bond donors (Lipinski definition) is 4. The van der Waals surface area contributed by atoms with Crippen LogP contribution >= 0.6 is 0 Å². The molecule has 12 nitrogen and oxygen atoms in total. The molecule has 4 N–H and O–H groups in total. The number of nitro groups is 1. The summed E-state index contributed by atoms with van der Waals surface area (Å²) in [7, 11) is -0.540. The molecule has 4 aliphatic carbocycles. The molecule has 8 atom stereocenters. The molecular weight excluding hydrogens is 527 g/mol. The summed E-state index contributed by atoms with van der Waals surface area (Å²) in [6.07, 6.45) is 9.71. The lowest BCUT2D eigenvalue weighted by molar-refractivity contribution is -0.627. The molecule has 0 aromatic rings. The Morgan fingerprint density at radius 3 is 2.66 bits per heavy atom. The van der Waals surface area contributed by atoms with E-state index in [0.29, 0.717) is 50.0 Å². The minimum atomic E-state index is -0.728. The van der Waals surface area contributed by atoms with E-state index in [-0.39, 0.29) is 40.8 Å². The fourth-order valence-electron chi connectivity index (χ4n) is 7.64. The molecule has 6 aliphatic rings. The summed E-state index contributed by atoms with van der Waals surface area (Å²) in [6, 6.07) is -0.728. The van der Waals surface area contributed by atoms with Crippen LogP contribution in [0.3, 0.4) is 0 Å². The Morgan fingerprint density at radius 2 is 2.02 bits per heavy atom. The number of hydrogen-bond acceptors (Lipinski definition) is 8. The average molecular weight is 575 g/mol. The molecule has 3 saturated carbocycles. The van der Waals surface area contributed by atoms with E-state index in [4.69, 9.17) is 9.31 Å². The van der Waals surface area contributed by atoms with Gasteiger partial charge in [-0.3, -0.25) is 14.9 Å². The minimum absolute atomic E-state index is 0.0200. The van der Waals surface area contributed by atoms with Gasteiger partial charge in [0.15, 0.2) is 5.03 Å². The Kier molecular flexibility index (Phi) is 8.72. The molecule has 13 heteroatoms. The number of hydrazine groups is 2. The highest BCUT2D eigenvalue weighted by atomic mass is 16.7. The van der Waals surface area contributed by atoms with Crippen molar-refractivity contribution < 1.29 is 23.9 Å². The first kappa shape index (κ1) is 30.2. The van der Waals surface area contributed by atoms with Crippen LogP contribution < -0.4 is 21.4 Å². The number of allylic oxidation sites excluding steroid dienone is 2. The molecule has 0 spiro atoms. The zero-order chi connectivity index (χ0) is 29.5. The van der Waals surface area contributed by atoms with Crippen molar-refractivity contribution in [3.05, 3.63) is 22.3 Å². The third kappa shape index (κ3) is 6.42. The van der Waals surface area contributed by atoms with Crippen LogP contribution in [0.5, 0.6) is 0 Å². The van der Waals surface area contributed by atoms with Crippen LogP contribution in [0.1, 0.15) is 86.0 Å². The maximum Gasteiger partial charge on any atom is 0.481 e. The Bertz CT molecular complexity index is 1040. The highest BCUT2D eigenvalue weighted by molar-refractivity contribution is 6.48. The van der Waals surface area contributed by atoms with Crippen LogP contribution in [0.4, 0.5) is 0 Å². The smallest absolute Gasteiger partial charge is 0.404 e. The Labute approximate surface area is 243 Å². The monoisotopic (exact) mass is 574 g/mol. The summed E-state index contributed by atoms with van der Waals surface area (Å²) >= 11 is 0. The zero-order valence-electron chi connectivity index (χ0n) is 25.1. The second-order valence-electron chi connectivity index (χ2n) is 13.9. The number of nitrogens with zero attached hydrogens (tertiary/aromatic N) is 2. The first-order valence-electron chi connectivity index (χ1n) is 15.4. The van der Waals surface area contributed by atoms with Gasteiger partial charge in [0.25, 0.3) is 0 Å². The van der Waals surface area contributed by atoms with Gasteiger partial charge in [0.2, 0.25) is 18.1 Å². The lowest BCUT2D eigenvalue weighted by Gasteiger charge is -2.64. The van der Waals surface area contributed by atoms with E-state index >= 15 is 0 Å². The van der Waals surface area contributed by atoms with E-state index in [2.05, 4.69) is 68.1 Å². The van der Waals surface area contributed by atoms with Crippen LogP contribution in [0, 0.1) is 39.2 Å². The molecule has 2 amide bonds. The van der Waals surface area contributed by atoms with E-state index in [1.165, 1.54) is 0 Å². The van der Waals surface area contributed by atoms with Crippen LogP contribution in [0.15, 0.2) is 12.2 Å². The van der Waals surface area contributed by atoms with Gasteiger partial charge in [-0.05, 0) is 92.6 Å². The maximum atomic E-state index is 13.7. The van der Waals surface area contributed by atoms with Crippen LogP contribution in [-0.4, -0.2) is 65.6 Å². The number of carbonyl (C=O) groups excluding carboxylic acids is 2. The average Bonchev–Trinajstić information content (AvgIpc) is 3.31. The Morgan fingerprint density at radius 1 is 1.24 bits per heavy atom. The summed E-state index contributed by atoms with van der Waals surface area (Å²) in [6.45, 7) is 11.5. The molecular formula is C28H47BN6O6. The van der Waals surface area contributed by atoms with Crippen molar-refractivity contribution in [2.75, 3.05) is 6.54 Å². The summed E-state index contributed by atoms with van der Waals surface area (Å²) in [4.78, 5) is 37.5. The minimum Gasteiger partial charge on any atom is -0.404 e. The standard InChI is InChI=1S/C28H47BN6O6/c1-17(2)13-23(29-40-22-16-19-15-21(27(19,3)4)28(22,5)41-29)32-25(37)20(31-24(36)14-18-9-6-7-10-18)11-8-12-30-26-33-34(26)35(38)39/h6,9,17-23,26,30,33H,7-8,10-16H2,1-5H3,(H,31,36)(H,32,37)/t18?,19-,20-,21-,22+,23-,26?,28-,34?/m0/s1. The van der Waals surface area contributed by atoms with Crippen molar-refractivity contribution >= 4 is 18.9 Å². The van der Waals surface area contributed by atoms with Gasteiger partial charge >= 0.3 is 7.12 Å². The van der Waals surface area contributed by atoms with Crippen LogP contribution in [-0.2, 0) is 18.9 Å². The van der Waals surface area contributed by atoms with Crippen LogP contribution in [0.25, 0.3) is 0 Å². The molecule has 41 heavy (non-hydrogen) atoms. The van der Waals surface area contributed by atoms with E-state index in [1.807, 2.05) is 0 Å². The SMILES string of the molecule is CC(C)C[C@H](NC(=O)[C@H](CCCNC1NN1[N+](=O)[O-])NC(=O)CC1C=CCC1)B1O[C@@H]2C[C@@H]3C[C@@H](C3(C)C)[C@]2(C)O1. The molecule has 5 fully saturated rings. The van der Waals surface area contributed by atoms with Gasteiger partial charge in [-0.15, -0.1) is 5.43 Å². The third-order valence-electron chi connectivity index (χ3n) is 10.2. The van der Waals surface area contributed by atoms with Gasteiger partial charge < -0.3 is 19.9 Å². The Hall–Kier alpha value is -2.22. The number of amides is 2. The first-order valence-corrected chi connectivity index (χ1v) is 15.4. The quantitative estimate of drug-likeness (QED) is 0.0610. The van der Waals surface area contributed by atoms with Crippen molar-refractivity contribution in [1.29, 1.82) is 0 Å². The van der Waals surface area contributed by atoms with Crippen molar-refractivity contribution in [2.24, 2.45) is 29.1 Å². The predicted octanol–water partition coefficient (Wildman–Crippen LogP) is 2.29. The third-order valence-corrected chi connectivity index (χ3v) is 10.2. The molecule has 2 aliphatic heterocycles. The normalized spacial score (nSPS) is 34.1. The fourth-order valence-corrected chi connectivity index (χ4v) is 7.64. The van der Waals surface area contributed by atoms with Gasteiger partial charge in [0.1, 0.15) is 6.04 Å². The van der Waals surface area contributed by atoms with E-state index in [1.54, 1.807) is 0 Å². The molecule has 228 valence electrons. The van der Waals surface area contributed by atoms with E-state index in [9.17, 15) is 19.7 Å². The molecule has 2 bridgehead atoms. The van der Waals surface area contributed by atoms with Crippen molar-refractivity contribution in [3.8, 4) is 0 Å². The van der Waals surface area contributed by atoms with Crippen molar-refractivity contribution in [2.45, 2.75) is 116 Å². The molecule has 0 radical (unpaired) electrons. The van der Waals surface area contributed by atoms with Gasteiger partial charge in [0, 0.05) is 6.42 Å². The summed E-state index contributed by atoms with van der Waals surface area (Å²) in [5, 5.41) is 20.4. The lowest BCUT2D eigenvalue weighted by atomic mass is 9.43. The number of carbonyl (C=O) groups is 2. The molecule has 2 heterocycles. The number of nitrogens with one attached hydrogen (secondary N) is 4. The van der Waals surface area contributed by atoms with Crippen molar-refractivity contribution in [1.82, 2.24) is 26.5 Å².